The Morgan fingerprint density at radius 1 is 1.27 bits per heavy atom. The molecule has 0 heterocycles. The fourth-order valence-corrected chi connectivity index (χ4v) is 1.47. The number of hydrogen-bond acceptors (Lipinski definition) is 0. The molecule has 0 aliphatic rings. The maximum Gasteiger partial charge on any atom is 0.134 e. The molecule has 1 aromatic rings. The van der Waals surface area contributed by atoms with E-state index in [0.29, 0.717) is 5.33 Å². The molecule has 0 saturated carbocycles. The van der Waals surface area contributed by atoms with Crippen LogP contribution in [0.2, 0.25) is 0 Å². The lowest BCUT2D eigenvalue weighted by Gasteiger charge is -2.16. The highest BCUT2D eigenvalue weighted by atomic mass is 79.9. The summed E-state index contributed by atoms with van der Waals surface area (Å²) in [5, 5.41) is 0.686. The summed E-state index contributed by atoms with van der Waals surface area (Å²) in [7, 11) is 0. The first-order valence-corrected chi connectivity index (χ1v) is 5.45. The van der Waals surface area contributed by atoms with Crippen molar-refractivity contribution in [2.24, 2.45) is 0 Å². The van der Waals surface area contributed by atoms with Gasteiger partial charge in [-0.15, -0.1) is 11.6 Å². The molecule has 1 rings (SSSR count). The van der Waals surface area contributed by atoms with Crippen molar-refractivity contribution >= 4 is 43.5 Å². The van der Waals surface area contributed by atoms with Crippen molar-refractivity contribution in [1.82, 2.24) is 0 Å². The number of hydrogen-bond donors (Lipinski definition) is 0. The Morgan fingerprint density at radius 3 is 2.27 bits per heavy atom. The molecule has 1 aromatic carbocycles. The predicted molar refractivity (Wildman–Crippen MR) is 56.7 cm³/mol. The molecule has 0 fully saturated rings. The van der Waals surface area contributed by atoms with Gasteiger partial charge in [0.15, 0.2) is 0 Å². The molecule has 3 heteroatoms. The molecule has 0 aliphatic carbocycles. The van der Waals surface area contributed by atoms with E-state index in [0.717, 1.165) is 5.56 Å². The normalized spacial score (nSPS) is 15.9. The van der Waals surface area contributed by atoms with Crippen LogP contribution in [-0.2, 0) is 3.78 Å². The third kappa shape index (κ3) is 2.46. The van der Waals surface area contributed by atoms with Crippen molar-refractivity contribution in [3.8, 4) is 0 Å². The van der Waals surface area contributed by atoms with E-state index in [1.165, 1.54) is 0 Å². The van der Waals surface area contributed by atoms with Gasteiger partial charge in [-0.3, -0.25) is 0 Å². The van der Waals surface area contributed by atoms with Crippen LogP contribution < -0.4 is 0 Å². The van der Waals surface area contributed by atoms with Crippen LogP contribution in [0, 0.1) is 0 Å². The lowest BCUT2D eigenvalue weighted by atomic mass is 10.2. The van der Waals surface area contributed by atoms with E-state index in [-0.39, 0.29) is 0 Å². The quantitative estimate of drug-likeness (QED) is 0.727. The molecule has 1 atom stereocenters. The van der Waals surface area contributed by atoms with Gasteiger partial charge >= 0.3 is 0 Å². The Hall–Kier alpha value is 0.470. The zero-order valence-corrected chi connectivity index (χ0v) is 9.66. The van der Waals surface area contributed by atoms with E-state index in [9.17, 15) is 0 Å². The van der Waals surface area contributed by atoms with E-state index in [1.807, 2.05) is 30.3 Å². The number of halogens is 3. The summed E-state index contributed by atoms with van der Waals surface area (Å²) in [5.74, 6) is 0. The highest BCUT2D eigenvalue weighted by Gasteiger charge is 2.23. The summed E-state index contributed by atoms with van der Waals surface area (Å²) in [5.41, 5.74) is 1.07. The van der Waals surface area contributed by atoms with Crippen LogP contribution in [0.1, 0.15) is 5.56 Å². The van der Waals surface area contributed by atoms with Gasteiger partial charge in [0.05, 0.1) is 0 Å². The molecule has 0 aliphatic heterocycles. The van der Waals surface area contributed by atoms with Crippen molar-refractivity contribution in [3.05, 3.63) is 35.9 Å². The van der Waals surface area contributed by atoms with Gasteiger partial charge in [0.2, 0.25) is 0 Å². The van der Waals surface area contributed by atoms with Crippen LogP contribution >= 0.6 is 43.5 Å². The summed E-state index contributed by atoms with van der Waals surface area (Å²) in [6, 6.07) is 9.89. The van der Waals surface area contributed by atoms with Gasteiger partial charge in [0.25, 0.3) is 0 Å². The molecule has 60 valence electrons. The molecule has 0 nitrogen and oxygen atoms in total. The molecule has 0 aromatic heterocycles. The maximum absolute atomic E-state index is 6.12. The monoisotopic (exact) mass is 296 g/mol. The van der Waals surface area contributed by atoms with Crippen LogP contribution in [0.25, 0.3) is 0 Å². The molecule has 0 spiro atoms. The average molecular weight is 298 g/mol. The molecular weight excluding hydrogens is 291 g/mol. The van der Waals surface area contributed by atoms with Crippen LogP contribution in [0.15, 0.2) is 30.3 Å². The van der Waals surface area contributed by atoms with Gasteiger partial charge in [0, 0.05) is 5.33 Å². The second-order valence-corrected chi connectivity index (χ2v) is 5.22. The smallest absolute Gasteiger partial charge is 0.101 e. The van der Waals surface area contributed by atoms with Gasteiger partial charge in [0.1, 0.15) is 3.78 Å². The Labute approximate surface area is 88.2 Å². The first-order chi connectivity index (χ1) is 5.17. The third-order valence-corrected chi connectivity index (χ3v) is 4.37. The standard InChI is InChI=1S/C8H7Br2Cl/c9-6-8(10,11)7-4-2-1-3-5-7/h1-5H,6H2. The Balaban J connectivity index is 2.93. The van der Waals surface area contributed by atoms with Gasteiger partial charge < -0.3 is 0 Å². The fourth-order valence-electron chi connectivity index (χ4n) is 0.759. The molecular formula is C8H7Br2Cl. The SMILES string of the molecule is ClC(Br)(CBr)c1ccccc1. The van der Waals surface area contributed by atoms with Crippen LogP contribution in [0.5, 0.6) is 0 Å². The topological polar surface area (TPSA) is 0 Å². The van der Waals surface area contributed by atoms with Gasteiger partial charge in [-0.05, 0) is 5.56 Å². The van der Waals surface area contributed by atoms with Crippen molar-refractivity contribution in [2.75, 3.05) is 5.33 Å². The van der Waals surface area contributed by atoms with Gasteiger partial charge in [-0.25, -0.2) is 0 Å². The summed E-state index contributed by atoms with van der Waals surface area (Å²) >= 11 is 12.9. The summed E-state index contributed by atoms with van der Waals surface area (Å²) in [4.78, 5) is 0. The zero-order valence-electron chi connectivity index (χ0n) is 5.73. The average Bonchev–Trinajstić information content (AvgIpc) is 2.06. The van der Waals surface area contributed by atoms with E-state index < -0.39 is 3.78 Å². The molecule has 0 radical (unpaired) electrons. The minimum absolute atomic E-state index is 0.464. The third-order valence-electron chi connectivity index (χ3n) is 1.36. The molecule has 1 unspecified atom stereocenters. The van der Waals surface area contributed by atoms with E-state index in [2.05, 4.69) is 31.9 Å². The van der Waals surface area contributed by atoms with E-state index in [1.54, 1.807) is 0 Å². The Bertz CT molecular complexity index is 221. The van der Waals surface area contributed by atoms with Crippen LogP contribution in [0.4, 0.5) is 0 Å². The van der Waals surface area contributed by atoms with Crippen molar-refractivity contribution < 1.29 is 0 Å². The summed E-state index contributed by atoms with van der Waals surface area (Å²) < 4.78 is -0.464. The maximum atomic E-state index is 6.12. The number of benzene rings is 1. The van der Waals surface area contributed by atoms with Crippen molar-refractivity contribution in [3.63, 3.8) is 0 Å². The first-order valence-electron chi connectivity index (χ1n) is 3.16. The van der Waals surface area contributed by atoms with Gasteiger partial charge in [-0.2, -0.15) is 0 Å². The molecule has 0 amide bonds. The highest BCUT2D eigenvalue weighted by molar-refractivity contribution is 9.12. The molecule has 11 heavy (non-hydrogen) atoms. The van der Waals surface area contributed by atoms with Crippen LogP contribution in [-0.4, -0.2) is 5.33 Å². The highest BCUT2D eigenvalue weighted by Crippen LogP contribution is 2.37. The number of alkyl halides is 3. The summed E-state index contributed by atoms with van der Waals surface area (Å²) in [6.45, 7) is 0. The lowest BCUT2D eigenvalue weighted by Crippen LogP contribution is -2.10. The van der Waals surface area contributed by atoms with Gasteiger partial charge in [-0.1, -0.05) is 62.2 Å². The molecule has 0 bridgehead atoms. The second-order valence-electron chi connectivity index (χ2n) is 2.20. The van der Waals surface area contributed by atoms with E-state index in [4.69, 9.17) is 11.6 Å². The minimum Gasteiger partial charge on any atom is -0.101 e. The fraction of sp³-hybridized carbons (Fsp3) is 0.250. The minimum atomic E-state index is -0.464. The molecule has 0 saturated heterocycles. The van der Waals surface area contributed by atoms with Crippen molar-refractivity contribution in [1.29, 1.82) is 0 Å². The van der Waals surface area contributed by atoms with Crippen molar-refractivity contribution in [2.45, 2.75) is 3.78 Å². The Morgan fingerprint density at radius 2 is 1.82 bits per heavy atom. The first kappa shape index (κ1) is 9.56. The second kappa shape index (κ2) is 3.92. The molecule has 0 N–H and O–H groups in total. The lowest BCUT2D eigenvalue weighted by molar-refractivity contribution is 1.05. The predicted octanol–water partition coefficient (Wildman–Crippen LogP) is 3.87. The number of rotatable bonds is 2. The summed E-state index contributed by atoms with van der Waals surface area (Å²) in [6.07, 6.45) is 0. The zero-order chi connectivity index (χ0) is 8.32. The van der Waals surface area contributed by atoms with Crippen LogP contribution in [0.3, 0.4) is 0 Å². The Kier molecular flexibility index (Phi) is 3.41. The van der Waals surface area contributed by atoms with E-state index >= 15 is 0 Å². The largest absolute Gasteiger partial charge is 0.134 e.